The zero-order chi connectivity index (χ0) is 14.4. The van der Waals surface area contributed by atoms with Crippen molar-refractivity contribution in [2.24, 2.45) is 0 Å². The minimum Gasteiger partial charge on any atom is -0.384 e. The van der Waals surface area contributed by atoms with Crippen molar-refractivity contribution in [2.75, 3.05) is 11.9 Å². The largest absolute Gasteiger partial charge is 0.384 e. The molecule has 0 aliphatic carbocycles. The van der Waals surface area contributed by atoms with E-state index >= 15 is 0 Å². The Kier molecular flexibility index (Phi) is 4.48. The fourth-order valence-corrected chi connectivity index (χ4v) is 1.73. The summed E-state index contributed by atoms with van der Waals surface area (Å²) >= 11 is 0. The lowest BCUT2D eigenvalue weighted by molar-refractivity contribution is 0.102. The van der Waals surface area contributed by atoms with Gasteiger partial charge in [-0.1, -0.05) is 17.9 Å². The number of aliphatic hydroxyl groups excluding tert-OH is 1. The molecule has 100 valence electrons. The van der Waals surface area contributed by atoms with Crippen molar-refractivity contribution in [1.82, 2.24) is 4.98 Å². The molecule has 0 atom stereocenters. The van der Waals surface area contributed by atoms with Gasteiger partial charge in [-0.3, -0.25) is 9.78 Å². The number of benzene rings is 1. The summed E-state index contributed by atoms with van der Waals surface area (Å²) in [6.07, 6.45) is 3.22. The zero-order valence-corrected chi connectivity index (χ0v) is 11.1. The number of aromatic nitrogens is 1. The van der Waals surface area contributed by atoms with E-state index in [1.165, 1.54) is 0 Å². The van der Waals surface area contributed by atoms with E-state index in [1.807, 2.05) is 19.1 Å². The number of nitrogens with one attached hydrogen (secondary N) is 1. The average Bonchev–Trinajstić information content (AvgIpc) is 2.46. The number of aliphatic hydroxyl groups is 1. The summed E-state index contributed by atoms with van der Waals surface area (Å²) in [6, 6.07) is 8.83. The fourth-order valence-electron chi connectivity index (χ4n) is 1.73. The normalized spacial score (nSPS) is 9.50. The Morgan fingerprint density at radius 3 is 2.75 bits per heavy atom. The van der Waals surface area contributed by atoms with Crippen molar-refractivity contribution in [1.29, 1.82) is 0 Å². The molecule has 1 aromatic carbocycles. The van der Waals surface area contributed by atoms with E-state index in [2.05, 4.69) is 22.1 Å². The number of rotatable bonds is 2. The van der Waals surface area contributed by atoms with Crippen molar-refractivity contribution >= 4 is 11.6 Å². The highest BCUT2D eigenvalue weighted by molar-refractivity contribution is 6.06. The first-order valence-corrected chi connectivity index (χ1v) is 6.12. The van der Waals surface area contributed by atoms with Gasteiger partial charge in [-0.2, -0.15) is 0 Å². The van der Waals surface area contributed by atoms with Gasteiger partial charge in [0, 0.05) is 23.6 Å². The van der Waals surface area contributed by atoms with Crippen LogP contribution in [0.2, 0.25) is 0 Å². The Hall–Kier alpha value is -2.64. The first-order chi connectivity index (χ1) is 9.70. The summed E-state index contributed by atoms with van der Waals surface area (Å²) in [5.74, 6) is 5.13. The van der Waals surface area contributed by atoms with Crippen LogP contribution in [0.5, 0.6) is 0 Å². The summed E-state index contributed by atoms with van der Waals surface area (Å²) in [4.78, 5) is 16.1. The zero-order valence-electron chi connectivity index (χ0n) is 11.1. The van der Waals surface area contributed by atoms with Gasteiger partial charge >= 0.3 is 0 Å². The molecular weight excluding hydrogens is 252 g/mol. The maximum Gasteiger partial charge on any atom is 0.256 e. The van der Waals surface area contributed by atoms with E-state index < -0.39 is 0 Å². The molecule has 1 aromatic heterocycles. The summed E-state index contributed by atoms with van der Waals surface area (Å²) < 4.78 is 0. The summed E-state index contributed by atoms with van der Waals surface area (Å²) in [5, 5.41) is 11.6. The first kappa shape index (κ1) is 13.8. The number of amides is 1. The summed E-state index contributed by atoms with van der Waals surface area (Å²) in [7, 11) is 0. The second-order valence-electron chi connectivity index (χ2n) is 4.20. The van der Waals surface area contributed by atoms with Crippen LogP contribution in [0.4, 0.5) is 5.69 Å². The van der Waals surface area contributed by atoms with Gasteiger partial charge in [0.25, 0.3) is 5.91 Å². The van der Waals surface area contributed by atoms with E-state index in [4.69, 9.17) is 5.11 Å². The fraction of sp³-hybridized carbons (Fsp3) is 0.125. The summed E-state index contributed by atoms with van der Waals surface area (Å²) in [6.45, 7) is 1.69. The van der Waals surface area contributed by atoms with Gasteiger partial charge in [0.1, 0.15) is 6.61 Å². The van der Waals surface area contributed by atoms with Crippen LogP contribution in [-0.4, -0.2) is 22.6 Å². The molecule has 0 aliphatic heterocycles. The van der Waals surface area contributed by atoms with E-state index in [-0.39, 0.29) is 12.5 Å². The number of hydrogen-bond acceptors (Lipinski definition) is 3. The van der Waals surface area contributed by atoms with E-state index in [9.17, 15) is 4.79 Å². The van der Waals surface area contributed by atoms with Gasteiger partial charge in [-0.25, -0.2) is 0 Å². The highest BCUT2D eigenvalue weighted by Crippen LogP contribution is 2.13. The molecule has 0 saturated heterocycles. The third kappa shape index (κ3) is 3.44. The van der Waals surface area contributed by atoms with Crippen molar-refractivity contribution in [2.45, 2.75) is 6.92 Å². The quantitative estimate of drug-likeness (QED) is 0.817. The van der Waals surface area contributed by atoms with Crippen LogP contribution < -0.4 is 5.32 Å². The third-order valence-electron chi connectivity index (χ3n) is 2.66. The molecule has 0 fully saturated rings. The molecule has 0 aliphatic rings. The van der Waals surface area contributed by atoms with E-state index in [0.29, 0.717) is 16.8 Å². The van der Waals surface area contributed by atoms with Crippen molar-refractivity contribution in [3.05, 3.63) is 59.4 Å². The number of anilines is 1. The summed E-state index contributed by atoms with van der Waals surface area (Å²) in [5.41, 5.74) is 2.76. The predicted molar refractivity (Wildman–Crippen MR) is 77.3 cm³/mol. The lowest BCUT2D eigenvalue weighted by Crippen LogP contribution is -2.13. The molecule has 1 amide bonds. The lowest BCUT2D eigenvalue weighted by Gasteiger charge is -2.07. The van der Waals surface area contributed by atoms with Crippen molar-refractivity contribution in [3.8, 4) is 11.8 Å². The molecular formula is C16H14N2O2. The van der Waals surface area contributed by atoms with Crippen LogP contribution in [0.1, 0.15) is 21.5 Å². The molecule has 0 unspecified atom stereocenters. The predicted octanol–water partition coefficient (Wildman–Crippen LogP) is 1.99. The highest BCUT2D eigenvalue weighted by Gasteiger charge is 2.10. The van der Waals surface area contributed by atoms with Crippen LogP contribution in [0, 0.1) is 18.8 Å². The standard InChI is InChI=1S/C16H14N2O2/c1-12-4-5-15(13(11-12)3-2-10-19)16(20)18-14-6-8-17-9-7-14/h4-9,11,19H,10H2,1H3,(H,17,18,20). The smallest absolute Gasteiger partial charge is 0.256 e. The topological polar surface area (TPSA) is 62.2 Å². The van der Waals surface area contributed by atoms with Crippen LogP contribution in [0.15, 0.2) is 42.7 Å². The maximum atomic E-state index is 12.2. The average molecular weight is 266 g/mol. The van der Waals surface area contributed by atoms with Crippen LogP contribution in [0.25, 0.3) is 0 Å². The Balaban J connectivity index is 2.30. The van der Waals surface area contributed by atoms with Gasteiger partial charge < -0.3 is 10.4 Å². The number of hydrogen-bond donors (Lipinski definition) is 2. The Morgan fingerprint density at radius 2 is 2.05 bits per heavy atom. The van der Waals surface area contributed by atoms with Gasteiger partial charge in [0.2, 0.25) is 0 Å². The Morgan fingerprint density at radius 1 is 1.30 bits per heavy atom. The van der Waals surface area contributed by atoms with Crippen LogP contribution >= 0.6 is 0 Å². The number of carbonyl (C=O) groups is 1. The number of nitrogens with zero attached hydrogens (tertiary/aromatic N) is 1. The first-order valence-electron chi connectivity index (χ1n) is 6.12. The molecule has 2 N–H and O–H groups in total. The van der Waals surface area contributed by atoms with Crippen LogP contribution in [0.3, 0.4) is 0 Å². The molecule has 4 heteroatoms. The lowest BCUT2D eigenvalue weighted by atomic mass is 10.0. The minimum atomic E-state index is -0.238. The monoisotopic (exact) mass is 266 g/mol. The molecule has 0 radical (unpaired) electrons. The second kappa shape index (κ2) is 6.50. The third-order valence-corrected chi connectivity index (χ3v) is 2.66. The number of aryl methyl sites for hydroxylation is 1. The molecule has 0 saturated carbocycles. The molecule has 0 spiro atoms. The molecule has 4 nitrogen and oxygen atoms in total. The molecule has 1 heterocycles. The van der Waals surface area contributed by atoms with E-state index in [1.54, 1.807) is 30.6 Å². The Bertz CT molecular complexity index is 670. The van der Waals surface area contributed by atoms with Gasteiger partial charge in [0.15, 0.2) is 0 Å². The number of carbonyl (C=O) groups excluding carboxylic acids is 1. The van der Waals surface area contributed by atoms with Crippen molar-refractivity contribution in [3.63, 3.8) is 0 Å². The van der Waals surface area contributed by atoms with Gasteiger partial charge in [-0.05, 0) is 36.8 Å². The number of pyridine rings is 1. The second-order valence-corrected chi connectivity index (χ2v) is 4.20. The minimum absolute atomic E-state index is 0.237. The SMILES string of the molecule is Cc1ccc(C(=O)Nc2ccncc2)c(C#CCO)c1. The molecule has 2 rings (SSSR count). The molecule has 20 heavy (non-hydrogen) atoms. The van der Waals surface area contributed by atoms with Gasteiger partial charge in [0.05, 0.1) is 5.56 Å². The highest BCUT2D eigenvalue weighted by atomic mass is 16.2. The Labute approximate surface area is 117 Å². The maximum absolute atomic E-state index is 12.2. The molecule has 0 bridgehead atoms. The van der Waals surface area contributed by atoms with E-state index in [0.717, 1.165) is 5.56 Å². The van der Waals surface area contributed by atoms with Gasteiger partial charge in [-0.15, -0.1) is 0 Å². The van der Waals surface area contributed by atoms with Crippen molar-refractivity contribution < 1.29 is 9.90 Å². The van der Waals surface area contributed by atoms with Crippen LogP contribution in [-0.2, 0) is 0 Å². The molecule has 2 aromatic rings.